The Bertz CT molecular complexity index is 1670. The molecule has 1 aliphatic heterocycles. The number of aliphatic hydroxyl groups is 1. The Morgan fingerprint density at radius 2 is 1.86 bits per heavy atom. The van der Waals surface area contributed by atoms with Crippen LogP contribution in [0.2, 0.25) is 0 Å². The maximum Gasteiger partial charge on any atom is 0.296 e. The van der Waals surface area contributed by atoms with E-state index in [-0.39, 0.29) is 16.5 Å². The van der Waals surface area contributed by atoms with Gasteiger partial charge in [0.25, 0.3) is 5.91 Å². The first-order valence-electron chi connectivity index (χ1n) is 13.0. The highest BCUT2D eigenvalue weighted by Crippen LogP contribution is 2.45. The molecule has 1 N–H and O–H groups in total. The van der Waals surface area contributed by atoms with E-state index in [0.29, 0.717) is 39.3 Å². The average molecular weight is 604 g/mol. The molecule has 11 heteroatoms. The number of methoxy groups -OCH3 is 1. The van der Waals surface area contributed by atoms with E-state index >= 15 is 0 Å². The standard InChI is InChI=1S/C31H26FN3O5S2/c1-3-40-24-16-14-20(17-25(24)39-2)27-26(23(36)15-13-19-9-5-4-6-10-19)28(37)29(38)35(27)30-33-34-31(42-30)41-18-21-11-7-8-12-22(21)32/h4-17,27,37H,3,18H2,1-2H3/b15-13+. The number of aromatic nitrogens is 2. The van der Waals surface area contributed by atoms with Crippen LogP contribution >= 0.6 is 23.1 Å². The number of halogens is 1. The van der Waals surface area contributed by atoms with Gasteiger partial charge in [0, 0.05) is 5.75 Å². The smallest absolute Gasteiger partial charge is 0.296 e. The second kappa shape index (κ2) is 13.0. The van der Waals surface area contributed by atoms with E-state index in [1.165, 1.54) is 35.9 Å². The number of ether oxygens (including phenoxy) is 2. The summed E-state index contributed by atoms with van der Waals surface area (Å²) in [6.07, 6.45) is 2.94. The van der Waals surface area contributed by atoms with Gasteiger partial charge in [-0.25, -0.2) is 4.39 Å². The number of allylic oxidation sites excluding steroid dienone is 1. The van der Waals surface area contributed by atoms with Crippen molar-refractivity contribution in [2.24, 2.45) is 0 Å². The number of hydrogen-bond donors (Lipinski definition) is 1. The van der Waals surface area contributed by atoms with Crippen LogP contribution in [-0.4, -0.2) is 40.7 Å². The van der Waals surface area contributed by atoms with Crippen molar-refractivity contribution >= 4 is 46.0 Å². The van der Waals surface area contributed by atoms with Gasteiger partial charge < -0.3 is 14.6 Å². The first-order chi connectivity index (χ1) is 20.4. The Hall–Kier alpha value is -4.48. The number of hydrogen-bond acceptors (Lipinski definition) is 9. The van der Waals surface area contributed by atoms with Crippen LogP contribution in [0.4, 0.5) is 9.52 Å². The van der Waals surface area contributed by atoms with E-state index in [0.717, 1.165) is 16.9 Å². The lowest BCUT2D eigenvalue weighted by Gasteiger charge is -2.24. The number of aliphatic hydroxyl groups excluding tert-OH is 1. The van der Waals surface area contributed by atoms with Gasteiger partial charge >= 0.3 is 0 Å². The third-order valence-electron chi connectivity index (χ3n) is 6.41. The molecule has 1 atom stereocenters. The largest absolute Gasteiger partial charge is 0.503 e. The first-order valence-corrected chi connectivity index (χ1v) is 14.8. The predicted molar refractivity (Wildman–Crippen MR) is 160 cm³/mol. The number of anilines is 1. The molecule has 1 amide bonds. The Morgan fingerprint density at radius 1 is 1.10 bits per heavy atom. The highest BCUT2D eigenvalue weighted by Gasteiger charge is 2.45. The van der Waals surface area contributed by atoms with E-state index < -0.39 is 23.5 Å². The maximum absolute atomic E-state index is 14.1. The van der Waals surface area contributed by atoms with Crippen molar-refractivity contribution in [1.29, 1.82) is 0 Å². The Kier molecular flexibility index (Phi) is 8.99. The third-order valence-corrected chi connectivity index (χ3v) is 8.52. The summed E-state index contributed by atoms with van der Waals surface area (Å²) < 4.78 is 25.8. The molecule has 8 nitrogen and oxygen atoms in total. The number of ketones is 1. The fourth-order valence-corrected chi connectivity index (χ4v) is 6.29. The van der Waals surface area contributed by atoms with Gasteiger partial charge in [0.2, 0.25) is 5.13 Å². The highest BCUT2D eigenvalue weighted by atomic mass is 32.2. The zero-order valence-electron chi connectivity index (χ0n) is 22.7. The number of carbonyl (C=O) groups excluding carboxylic acids is 2. The fourth-order valence-electron chi connectivity index (χ4n) is 4.44. The van der Waals surface area contributed by atoms with Crippen LogP contribution in [0, 0.1) is 5.82 Å². The second-order valence-electron chi connectivity index (χ2n) is 9.02. The van der Waals surface area contributed by atoms with Crippen molar-refractivity contribution in [2.45, 2.75) is 23.1 Å². The van der Waals surface area contributed by atoms with E-state index in [1.54, 1.807) is 42.5 Å². The van der Waals surface area contributed by atoms with Crippen LogP contribution in [0.1, 0.15) is 29.7 Å². The van der Waals surface area contributed by atoms with Crippen molar-refractivity contribution in [3.8, 4) is 11.5 Å². The number of thioether (sulfide) groups is 1. The lowest BCUT2D eigenvalue weighted by Crippen LogP contribution is -2.30. The molecular weight excluding hydrogens is 577 g/mol. The van der Waals surface area contributed by atoms with E-state index in [9.17, 15) is 19.1 Å². The van der Waals surface area contributed by atoms with Gasteiger partial charge in [0.05, 0.1) is 25.3 Å². The van der Waals surface area contributed by atoms with Gasteiger partial charge in [0.15, 0.2) is 27.4 Å². The van der Waals surface area contributed by atoms with Crippen molar-refractivity contribution in [3.63, 3.8) is 0 Å². The van der Waals surface area contributed by atoms with Crippen LogP contribution in [0.25, 0.3) is 6.08 Å². The summed E-state index contributed by atoms with van der Waals surface area (Å²) in [5.74, 6) is -1.12. The van der Waals surface area contributed by atoms with Gasteiger partial charge in [-0.05, 0) is 47.9 Å². The molecule has 4 aromatic rings. The summed E-state index contributed by atoms with van der Waals surface area (Å²) in [5, 5.41) is 19.6. The van der Waals surface area contributed by atoms with Crippen LogP contribution < -0.4 is 14.4 Å². The lowest BCUT2D eigenvalue weighted by atomic mass is 9.95. The van der Waals surface area contributed by atoms with Crippen molar-refractivity contribution in [2.75, 3.05) is 18.6 Å². The van der Waals surface area contributed by atoms with E-state index in [1.807, 2.05) is 37.3 Å². The van der Waals surface area contributed by atoms with E-state index in [4.69, 9.17) is 9.47 Å². The summed E-state index contributed by atoms with van der Waals surface area (Å²) in [6.45, 7) is 2.26. The molecule has 5 rings (SSSR count). The van der Waals surface area contributed by atoms with Crippen molar-refractivity contribution in [1.82, 2.24) is 10.2 Å². The van der Waals surface area contributed by atoms with Crippen LogP contribution in [0.3, 0.4) is 0 Å². The molecule has 214 valence electrons. The minimum Gasteiger partial charge on any atom is -0.503 e. The maximum atomic E-state index is 14.1. The van der Waals surface area contributed by atoms with Gasteiger partial charge in [-0.15, -0.1) is 10.2 Å². The SMILES string of the molecule is CCOc1ccc(C2C(C(=O)/C=C/c3ccccc3)=C(O)C(=O)N2c2nnc(SCc3ccccc3F)s2)cc1OC. The molecule has 0 bridgehead atoms. The molecule has 0 spiro atoms. The molecule has 0 aliphatic carbocycles. The number of amides is 1. The third kappa shape index (κ3) is 6.07. The summed E-state index contributed by atoms with van der Waals surface area (Å²) in [6, 6.07) is 19.7. The zero-order valence-corrected chi connectivity index (χ0v) is 24.3. The molecule has 2 heterocycles. The van der Waals surface area contributed by atoms with Gasteiger partial charge in [-0.3, -0.25) is 14.5 Å². The molecule has 0 fully saturated rings. The monoisotopic (exact) mass is 603 g/mol. The Balaban J connectivity index is 1.51. The number of benzene rings is 3. The lowest BCUT2D eigenvalue weighted by molar-refractivity contribution is -0.117. The minimum absolute atomic E-state index is 0.103. The van der Waals surface area contributed by atoms with E-state index in [2.05, 4.69) is 10.2 Å². The summed E-state index contributed by atoms with van der Waals surface area (Å²) in [4.78, 5) is 28.3. The fraction of sp³-hybridized carbons (Fsp3) is 0.161. The van der Waals surface area contributed by atoms with Crippen LogP contribution in [-0.2, 0) is 15.3 Å². The highest BCUT2D eigenvalue weighted by molar-refractivity contribution is 8.00. The molecule has 0 saturated heterocycles. The van der Waals surface area contributed by atoms with Crippen LogP contribution in [0.15, 0.2) is 94.5 Å². The van der Waals surface area contributed by atoms with Gasteiger partial charge in [0.1, 0.15) is 5.82 Å². The topological polar surface area (TPSA) is 102 Å². The normalized spacial score (nSPS) is 15.1. The van der Waals surface area contributed by atoms with Crippen molar-refractivity contribution < 1.29 is 28.6 Å². The minimum atomic E-state index is -1.02. The predicted octanol–water partition coefficient (Wildman–Crippen LogP) is 6.56. The zero-order chi connectivity index (χ0) is 29.6. The summed E-state index contributed by atoms with van der Waals surface area (Å²) >= 11 is 2.37. The summed E-state index contributed by atoms with van der Waals surface area (Å²) in [5.41, 5.74) is 1.69. The molecule has 1 unspecified atom stereocenters. The average Bonchev–Trinajstić information content (AvgIpc) is 3.58. The van der Waals surface area contributed by atoms with Gasteiger partial charge in [-0.1, -0.05) is 83.8 Å². The molecule has 0 saturated carbocycles. The molecule has 42 heavy (non-hydrogen) atoms. The molecule has 1 aromatic heterocycles. The Morgan fingerprint density at radius 3 is 2.60 bits per heavy atom. The molecule has 1 aliphatic rings. The molecule has 3 aromatic carbocycles. The summed E-state index contributed by atoms with van der Waals surface area (Å²) in [7, 11) is 1.49. The molecule has 0 radical (unpaired) electrons. The first kappa shape index (κ1) is 29.0. The number of rotatable bonds is 11. The van der Waals surface area contributed by atoms with Crippen molar-refractivity contribution in [3.05, 3.63) is 113 Å². The second-order valence-corrected chi connectivity index (χ2v) is 11.2. The quantitative estimate of drug-likeness (QED) is 0.117. The molecular formula is C31H26FN3O5S2. The van der Waals surface area contributed by atoms with Gasteiger partial charge in [-0.2, -0.15) is 0 Å². The van der Waals surface area contributed by atoms with Crippen LogP contribution in [0.5, 0.6) is 11.5 Å². The number of carbonyl (C=O) groups is 2. The number of nitrogens with zero attached hydrogens (tertiary/aromatic N) is 3. The Labute approximate surface area is 250 Å².